The SMILES string of the molecule is CC(C)[C@H](NC(=O)COc1ccc(C2SCCS2)cc1)c1cccs1. The molecule has 3 rings (SSSR count). The zero-order valence-electron chi connectivity index (χ0n) is 14.4. The Kier molecular flexibility index (Phi) is 6.73. The van der Waals surface area contributed by atoms with E-state index in [0.29, 0.717) is 10.5 Å². The third-order valence-electron chi connectivity index (χ3n) is 3.98. The summed E-state index contributed by atoms with van der Waals surface area (Å²) in [7, 11) is 0. The van der Waals surface area contributed by atoms with Gasteiger partial charge in [0.1, 0.15) is 5.75 Å². The van der Waals surface area contributed by atoms with Crippen LogP contribution in [0.15, 0.2) is 41.8 Å². The van der Waals surface area contributed by atoms with Crippen molar-refractivity contribution in [1.29, 1.82) is 0 Å². The summed E-state index contributed by atoms with van der Waals surface area (Å²) in [5.41, 5.74) is 1.32. The van der Waals surface area contributed by atoms with Gasteiger partial charge in [-0.05, 0) is 35.1 Å². The van der Waals surface area contributed by atoms with Crippen LogP contribution in [0.3, 0.4) is 0 Å². The lowest BCUT2D eigenvalue weighted by Crippen LogP contribution is -2.34. The Morgan fingerprint density at radius 2 is 1.92 bits per heavy atom. The van der Waals surface area contributed by atoms with Gasteiger partial charge in [0, 0.05) is 16.4 Å². The Morgan fingerprint density at radius 1 is 1.20 bits per heavy atom. The highest BCUT2D eigenvalue weighted by molar-refractivity contribution is 8.19. The number of hydrogen-bond acceptors (Lipinski definition) is 5. The molecule has 1 atom stereocenters. The minimum absolute atomic E-state index is 0.0369. The van der Waals surface area contributed by atoms with Gasteiger partial charge in [0.2, 0.25) is 0 Å². The molecule has 0 unspecified atom stereocenters. The van der Waals surface area contributed by atoms with E-state index in [2.05, 4.69) is 37.4 Å². The molecular formula is C19H23NO2S3. The zero-order chi connectivity index (χ0) is 17.6. The molecule has 1 N–H and O–H groups in total. The Bertz CT molecular complexity index is 664. The molecule has 1 aliphatic heterocycles. The summed E-state index contributed by atoms with van der Waals surface area (Å²) in [4.78, 5) is 13.4. The van der Waals surface area contributed by atoms with E-state index < -0.39 is 0 Å². The normalized spacial score (nSPS) is 16.1. The van der Waals surface area contributed by atoms with E-state index in [9.17, 15) is 4.79 Å². The molecule has 0 saturated carbocycles. The number of thioether (sulfide) groups is 2. The number of amides is 1. The van der Waals surface area contributed by atoms with Gasteiger partial charge >= 0.3 is 0 Å². The molecule has 1 aliphatic rings. The lowest BCUT2D eigenvalue weighted by Gasteiger charge is -2.21. The van der Waals surface area contributed by atoms with Crippen molar-refractivity contribution in [3.63, 3.8) is 0 Å². The van der Waals surface area contributed by atoms with Gasteiger partial charge in [0.05, 0.1) is 10.6 Å². The summed E-state index contributed by atoms with van der Waals surface area (Å²) in [6.07, 6.45) is 0. The van der Waals surface area contributed by atoms with Crippen LogP contribution >= 0.6 is 34.9 Å². The van der Waals surface area contributed by atoms with Gasteiger partial charge in [0.25, 0.3) is 5.91 Å². The fourth-order valence-electron chi connectivity index (χ4n) is 2.67. The monoisotopic (exact) mass is 393 g/mol. The van der Waals surface area contributed by atoms with Crippen LogP contribution in [0.4, 0.5) is 0 Å². The van der Waals surface area contributed by atoms with E-state index in [1.807, 2.05) is 47.1 Å². The number of nitrogens with one attached hydrogen (secondary N) is 1. The summed E-state index contributed by atoms with van der Waals surface area (Å²) in [5, 5.41) is 5.12. The molecule has 0 spiro atoms. The first-order valence-electron chi connectivity index (χ1n) is 8.42. The third kappa shape index (κ3) is 5.19. The molecule has 2 aromatic rings. The van der Waals surface area contributed by atoms with Crippen LogP contribution in [0.1, 0.15) is 34.9 Å². The molecule has 2 heterocycles. The quantitative estimate of drug-likeness (QED) is 0.709. The molecule has 0 bridgehead atoms. The maximum atomic E-state index is 12.3. The van der Waals surface area contributed by atoms with Crippen LogP contribution < -0.4 is 10.1 Å². The highest BCUT2D eigenvalue weighted by Gasteiger charge is 2.20. The molecule has 134 valence electrons. The van der Waals surface area contributed by atoms with Crippen molar-refractivity contribution in [3.8, 4) is 5.75 Å². The van der Waals surface area contributed by atoms with Crippen LogP contribution in [-0.4, -0.2) is 24.0 Å². The van der Waals surface area contributed by atoms with Crippen molar-refractivity contribution in [2.75, 3.05) is 18.1 Å². The number of benzene rings is 1. The molecular weight excluding hydrogens is 370 g/mol. The van der Waals surface area contributed by atoms with Crippen LogP contribution in [0.5, 0.6) is 5.75 Å². The standard InChI is InChI=1S/C19H23NO2S3/c1-13(2)18(16-4-3-9-23-16)20-17(21)12-22-15-7-5-14(6-8-15)19-24-10-11-25-19/h3-9,13,18-19H,10-12H2,1-2H3,(H,20,21)/t18-/m0/s1. The van der Waals surface area contributed by atoms with Gasteiger partial charge in [-0.1, -0.05) is 32.0 Å². The average Bonchev–Trinajstić information content (AvgIpc) is 3.31. The molecule has 1 aromatic carbocycles. The molecule has 25 heavy (non-hydrogen) atoms. The Labute approximate surface area is 161 Å². The van der Waals surface area contributed by atoms with E-state index in [0.717, 1.165) is 5.75 Å². The molecule has 3 nitrogen and oxygen atoms in total. The minimum Gasteiger partial charge on any atom is -0.484 e. The smallest absolute Gasteiger partial charge is 0.258 e. The molecule has 6 heteroatoms. The first kappa shape index (κ1) is 18.7. The van der Waals surface area contributed by atoms with Crippen molar-refractivity contribution in [2.45, 2.75) is 24.5 Å². The second kappa shape index (κ2) is 9.01. The first-order chi connectivity index (χ1) is 12.1. The van der Waals surface area contributed by atoms with Crippen LogP contribution in [0.2, 0.25) is 0 Å². The Hall–Kier alpha value is -1.11. The largest absolute Gasteiger partial charge is 0.484 e. The van der Waals surface area contributed by atoms with Gasteiger partial charge < -0.3 is 10.1 Å². The van der Waals surface area contributed by atoms with Gasteiger partial charge in [-0.15, -0.1) is 34.9 Å². The first-order valence-corrected chi connectivity index (χ1v) is 11.4. The van der Waals surface area contributed by atoms with E-state index in [1.165, 1.54) is 21.9 Å². The maximum Gasteiger partial charge on any atom is 0.258 e. The Morgan fingerprint density at radius 3 is 2.52 bits per heavy atom. The summed E-state index contributed by atoms with van der Waals surface area (Å²) in [6, 6.07) is 12.2. The molecule has 1 aromatic heterocycles. The van der Waals surface area contributed by atoms with Gasteiger partial charge in [-0.2, -0.15) is 0 Å². The summed E-state index contributed by atoms with van der Waals surface area (Å²) < 4.78 is 6.20. The zero-order valence-corrected chi connectivity index (χ0v) is 16.9. The van der Waals surface area contributed by atoms with Gasteiger partial charge in [-0.3, -0.25) is 4.79 Å². The fraction of sp³-hybridized carbons (Fsp3) is 0.421. The topological polar surface area (TPSA) is 38.3 Å². The van der Waals surface area contributed by atoms with Gasteiger partial charge in [0.15, 0.2) is 6.61 Å². The lowest BCUT2D eigenvalue weighted by atomic mass is 10.0. The van der Waals surface area contributed by atoms with Crippen LogP contribution in [0.25, 0.3) is 0 Å². The molecule has 1 fully saturated rings. The predicted octanol–water partition coefficient (Wildman–Crippen LogP) is 5.12. The fourth-order valence-corrected chi connectivity index (χ4v) is 6.48. The van der Waals surface area contributed by atoms with Crippen molar-refractivity contribution in [3.05, 3.63) is 52.2 Å². The van der Waals surface area contributed by atoms with Crippen molar-refractivity contribution in [2.24, 2.45) is 5.92 Å². The average molecular weight is 394 g/mol. The number of carbonyl (C=O) groups is 1. The van der Waals surface area contributed by atoms with E-state index in [4.69, 9.17) is 4.74 Å². The van der Waals surface area contributed by atoms with Crippen molar-refractivity contribution in [1.82, 2.24) is 5.32 Å². The lowest BCUT2D eigenvalue weighted by molar-refractivity contribution is -0.124. The summed E-state index contributed by atoms with van der Waals surface area (Å²) >= 11 is 5.64. The summed E-state index contributed by atoms with van der Waals surface area (Å²) in [5.74, 6) is 3.43. The minimum atomic E-state index is -0.0851. The van der Waals surface area contributed by atoms with Crippen molar-refractivity contribution < 1.29 is 9.53 Å². The maximum absolute atomic E-state index is 12.3. The predicted molar refractivity (Wildman–Crippen MR) is 110 cm³/mol. The Balaban J connectivity index is 1.51. The van der Waals surface area contributed by atoms with Crippen LogP contribution in [-0.2, 0) is 4.79 Å². The van der Waals surface area contributed by atoms with Gasteiger partial charge in [-0.25, -0.2) is 0 Å². The van der Waals surface area contributed by atoms with Crippen molar-refractivity contribution >= 4 is 40.8 Å². The number of ether oxygens (including phenoxy) is 1. The van der Waals surface area contributed by atoms with E-state index in [1.54, 1.807) is 11.3 Å². The molecule has 1 saturated heterocycles. The second-order valence-corrected chi connectivity index (χ2v) is 9.94. The van der Waals surface area contributed by atoms with E-state index >= 15 is 0 Å². The number of hydrogen-bond donors (Lipinski definition) is 1. The number of thiophene rings is 1. The molecule has 1 amide bonds. The molecule has 0 aliphatic carbocycles. The highest BCUT2D eigenvalue weighted by Crippen LogP contribution is 2.45. The number of rotatable bonds is 7. The second-order valence-electron chi connectivity index (χ2n) is 6.24. The molecule has 0 radical (unpaired) electrons. The highest BCUT2D eigenvalue weighted by atomic mass is 32.2. The number of carbonyl (C=O) groups excluding carboxylic acids is 1. The van der Waals surface area contributed by atoms with E-state index in [-0.39, 0.29) is 18.6 Å². The van der Waals surface area contributed by atoms with Crippen LogP contribution in [0, 0.1) is 5.92 Å². The summed E-state index contributed by atoms with van der Waals surface area (Å²) in [6.45, 7) is 4.27. The third-order valence-corrected chi connectivity index (χ3v) is 8.04.